The first-order chi connectivity index (χ1) is 8.20. The normalized spacial score (nSPS) is 9.61. The minimum Gasteiger partial charge on any atom is -0.492 e. The number of carboxylic acids is 1. The van der Waals surface area contributed by atoms with Crippen LogP contribution in [0.25, 0.3) is 5.69 Å². The number of halogens is 1. The van der Waals surface area contributed by atoms with Crippen LogP contribution < -0.4 is 4.74 Å². The fourth-order valence-electron chi connectivity index (χ4n) is 1.36. The number of carbonyl (C=O) groups is 1. The third-order valence-corrected chi connectivity index (χ3v) is 2.08. The molecule has 96 valence electrons. The summed E-state index contributed by atoms with van der Waals surface area (Å²) in [6, 6.07) is 3.17. The maximum Gasteiger partial charge on any atom is 0.356 e. The van der Waals surface area contributed by atoms with Crippen LogP contribution in [-0.4, -0.2) is 32.4 Å². The molecule has 0 aromatic carbocycles. The van der Waals surface area contributed by atoms with E-state index < -0.39 is 5.97 Å². The van der Waals surface area contributed by atoms with Gasteiger partial charge in [-0.05, 0) is 13.0 Å². The summed E-state index contributed by atoms with van der Waals surface area (Å²) < 4.78 is 6.75. The van der Waals surface area contributed by atoms with Crippen LogP contribution in [0.2, 0.25) is 0 Å². The topological polar surface area (TPSA) is 77.2 Å². The van der Waals surface area contributed by atoms with Gasteiger partial charge in [0.05, 0.1) is 24.7 Å². The van der Waals surface area contributed by atoms with Gasteiger partial charge in [-0.15, -0.1) is 12.4 Å². The highest BCUT2D eigenvalue weighted by molar-refractivity contribution is 5.85. The Kier molecular flexibility index (Phi) is 4.67. The Labute approximate surface area is 110 Å². The van der Waals surface area contributed by atoms with E-state index in [2.05, 4.69) is 10.1 Å². The van der Waals surface area contributed by atoms with E-state index in [4.69, 9.17) is 9.84 Å². The van der Waals surface area contributed by atoms with Crippen molar-refractivity contribution in [3.8, 4) is 11.4 Å². The first-order valence-electron chi connectivity index (χ1n) is 5.08. The van der Waals surface area contributed by atoms with Crippen LogP contribution in [0, 0.1) is 0 Å². The Morgan fingerprint density at radius 1 is 1.50 bits per heavy atom. The molecule has 1 N–H and O–H groups in total. The summed E-state index contributed by atoms with van der Waals surface area (Å²) in [6.45, 7) is 2.42. The number of rotatable bonds is 4. The number of ether oxygens (including phenoxy) is 1. The molecule has 0 fully saturated rings. The zero-order valence-corrected chi connectivity index (χ0v) is 10.4. The van der Waals surface area contributed by atoms with E-state index in [0.717, 1.165) is 0 Å². The van der Waals surface area contributed by atoms with E-state index in [1.165, 1.54) is 10.7 Å². The summed E-state index contributed by atoms with van der Waals surface area (Å²) in [6.07, 6.45) is 4.74. The Hall–Kier alpha value is -2.08. The third kappa shape index (κ3) is 2.98. The van der Waals surface area contributed by atoms with Gasteiger partial charge in [-0.25, -0.2) is 9.48 Å². The van der Waals surface area contributed by atoms with Crippen LogP contribution in [0.15, 0.2) is 30.7 Å². The molecule has 0 radical (unpaired) electrons. The summed E-state index contributed by atoms with van der Waals surface area (Å²) >= 11 is 0. The minimum absolute atomic E-state index is 0. The van der Waals surface area contributed by atoms with Crippen molar-refractivity contribution in [1.29, 1.82) is 0 Å². The fourth-order valence-corrected chi connectivity index (χ4v) is 1.36. The van der Waals surface area contributed by atoms with Crippen LogP contribution in [0.3, 0.4) is 0 Å². The standard InChI is InChI=1S/C11H11N3O3.ClH/c1-2-17-9-5-8(6-12-7-9)14-4-3-10(13-14)11(15)16;/h3-7H,2H2,1H3,(H,15,16);1H. The van der Waals surface area contributed by atoms with Gasteiger partial charge in [-0.2, -0.15) is 5.10 Å². The Morgan fingerprint density at radius 3 is 2.89 bits per heavy atom. The molecule has 0 aliphatic heterocycles. The molecular formula is C11H12ClN3O3. The lowest BCUT2D eigenvalue weighted by Crippen LogP contribution is -2.02. The summed E-state index contributed by atoms with van der Waals surface area (Å²) in [5.74, 6) is -0.435. The molecule has 2 aromatic heterocycles. The van der Waals surface area contributed by atoms with Gasteiger partial charge in [0.2, 0.25) is 0 Å². The molecule has 0 aliphatic rings. The molecule has 0 atom stereocenters. The molecule has 0 aliphatic carbocycles. The maximum absolute atomic E-state index is 10.7. The number of hydrogen-bond donors (Lipinski definition) is 1. The second kappa shape index (κ2) is 6.02. The van der Waals surface area contributed by atoms with Crippen LogP contribution in [0.5, 0.6) is 5.75 Å². The quantitative estimate of drug-likeness (QED) is 0.915. The molecule has 18 heavy (non-hydrogen) atoms. The van der Waals surface area contributed by atoms with Gasteiger partial charge in [-0.1, -0.05) is 0 Å². The van der Waals surface area contributed by atoms with Crippen molar-refractivity contribution in [2.45, 2.75) is 6.92 Å². The van der Waals surface area contributed by atoms with Gasteiger partial charge in [0, 0.05) is 12.3 Å². The van der Waals surface area contributed by atoms with Crippen molar-refractivity contribution < 1.29 is 14.6 Å². The van der Waals surface area contributed by atoms with Crippen LogP contribution in [-0.2, 0) is 0 Å². The van der Waals surface area contributed by atoms with E-state index >= 15 is 0 Å². The van der Waals surface area contributed by atoms with Crippen molar-refractivity contribution in [3.05, 3.63) is 36.4 Å². The number of nitrogens with zero attached hydrogens (tertiary/aromatic N) is 3. The summed E-state index contributed by atoms with van der Waals surface area (Å²) in [5, 5.41) is 12.7. The second-order valence-electron chi connectivity index (χ2n) is 3.26. The lowest BCUT2D eigenvalue weighted by Gasteiger charge is -2.04. The molecule has 7 heteroatoms. The van der Waals surface area contributed by atoms with Crippen LogP contribution in [0.1, 0.15) is 17.4 Å². The second-order valence-corrected chi connectivity index (χ2v) is 3.26. The molecule has 2 heterocycles. The average Bonchev–Trinajstić information content (AvgIpc) is 2.79. The van der Waals surface area contributed by atoms with Gasteiger partial charge in [0.25, 0.3) is 0 Å². The highest BCUT2D eigenvalue weighted by Crippen LogP contribution is 2.14. The Morgan fingerprint density at radius 2 is 2.28 bits per heavy atom. The molecule has 0 bridgehead atoms. The SMILES string of the molecule is CCOc1cncc(-n2ccc(C(=O)O)n2)c1.Cl. The Balaban J connectivity index is 0.00000162. The van der Waals surface area contributed by atoms with E-state index in [1.54, 1.807) is 24.7 Å². The highest BCUT2D eigenvalue weighted by Gasteiger charge is 2.08. The number of aromatic carboxylic acids is 1. The van der Waals surface area contributed by atoms with Crippen molar-refractivity contribution >= 4 is 18.4 Å². The van der Waals surface area contributed by atoms with Crippen LogP contribution in [0.4, 0.5) is 0 Å². The third-order valence-electron chi connectivity index (χ3n) is 2.08. The van der Waals surface area contributed by atoms with Crippen LogP contribution >= 0.6 is 12.4 Å². The monoisotopic (exact) mass is 269 g/mol. The summed E-state index contributed by atoms with van der Waals surface area (Å²) in [5.41, 5.74) is 0.648. The molecule has 6 nitrogen and oxygen atoms in total. The molecule has 0 saturated carbocycles. The van der Waals surface area contributed by atoms with Crippen molar-refractivity contribution in [3.63, 3.8) is 0 Å². The number of carboxylic acid groups (broad SMARTS) is 1. The van der Waals surface area contributed by atoms with Gasteiger partial charge < -0.3 is 9.84 Å². The van der Waals surface area contributed by atoms with Gasteiger partial charge >= 0.3 is 5.97 Å². The maximum atomic E-state index is 10.7. The molecule has 2 aromatic rings. The molecule has 0 amide bonds. The molecule has 0 spiro atoms. The number of pyridine rings is 1. The largest absolute Gasteiger partial charge is 0.492 e. The van der Waals surface area contributed by atoms with Crippen molar-refractivity contribution in [2.24, 2.45) is 0 Å². The van der Waals surface area contributed by atoms with E-state index in [0.29, 0.717) is 18.0 Å². The fraction of sp³-hybridized carbons (Fsp3) is 0.182. The van der Waals surface area contributed by atoms with E-state index in [-0.39, 0.29) is 18.1 Å². The van der Waals surface area contributed by atoms with Gasteiger partial charge in [0.1, 0.15) is 5.75 Å². The smallest absolute Gasteiger partial charge is 0.356 e. The number of hydrogen-bond acceptors (Lipinski definition) is 4. The van der Waals surface area contributed by atoms with E-state index in [1.807, 2.05) is 6.92 Å². The average molecular weight is 270 g/mol. The molecule has 0 unspecified atom stereocenters. The molecule has 0 saturated heterocycles. The Bertz CT molecular complexity index is 542. The lowest BCUT2D eigenvalue weighted by molar-refractivity contribution is 0.0690. The highest BCUT2D eigenvalue weighted by atomic mass is 35.5. The van der Waals surface area contributed by atoms with Gasteiger partial charge in [0.15, 0.2) is 5.69 Å². The molecule has 2 rings (SSSR count). The first-order valence-corrected chi connectivity index (χ1v) is 5.08. The summed E-state index contributed by atoms with van der Waals surface area (Å²) in [4.78, 5) is 14.7. The van der Waals surface area contributed by atoms with Crippen molar-refractivity contribution in [1.82, 2.24) is 14.8 Å². The lowest BCUT2D eigenvalue weighted by atomic mass is 10.4. The predicted molar refractivity (Wildman–Crippen MR) is 66.7 cm³/mol. The predicted octanol–water partition coefficient (Wildman–Crippen LogP) is 1.79. The molecular weight excluding hydrogens is 258 g/mol. The van der Waals surface area contributed by atoms with E-state index in [9.17, 15) is 4.79 Å². The first kappa shape index (κ1) is 14.0. The zero-order chi connectivity index (χ0) is 12.3. The zero-order valence-electron chi connectivity index (χ0n) is 9.61. The minimum atomic E-state index is -1.06. The van der Waals surface area contributed by atoms with Gasteiger partial charge in [-0.3, -0.25) is 4.98 Å². The number of aromatic nitrogens is 3. The summed E-state index contributed by atoms with van der Waals surface area (Å²) in [7, 11) is 0. The van der Waals surface area contributed by atoms with Crippen molar-refractivity contribution in [2.75, 3.05) is 6.61 Å².